The highest BCUT2D eigenvalue weighted by Crippen LogP contribution is 2.06. The average Bonchev–Trinajstić information content (AvgIpc) is 2.50. The maximum absolute atomic E-state index is 12.3. The van der Waals surface area contributed by atoms with Gasteiger partial charge in [-0.2, -0.15) is 0 Å². The summed E-state index contributed by atoms with van der Waals surface area (Å²) in [5.74, 6) is 5.52. The van der Waals surface area contributed by atoms with Gasteiger partial charge in [0, 0.05) is 45.0 Å². The van der Waals surface area contributed by atoms with Crippen molar-refractivity contribution in [1.82, 2.24) is 20.3 Å². The van der Waals surface area contributed by atoms with Crippen LogP contribution in [0.1, 0.15) is 22.3 Å². The number of hydrazine groups is 1. The number of nitrogens with zero attached hydrogens (tertiary/aromatic N) is 3. The Morgan fingerprint density at radius 1 is 1.43 bits per heavy atom. The SMILES string of the molecule is CN1CCN(NC(=O)c2ccncc2C#CCCO)CC1. The van der Waals surface area contributed by atoms with E-state index in [1.807, 2.05) is 5.01 Å². The first-order chi connectivity index (χ1) is 10.2. The fourth-order valence-corrected chi connectivity index (χ4v) is 2.03. The Labute approximate surface area is 124 Å². The second kappa shape index (κ2) is 7.74. The Hall–Kier alpha value is -1.94. The average molecular weight is 288 g/mol. The van der Waals surface area contributed by atoms with E-state index in [0.29, 0.717) is 17.5 Å². The standard InChI is InChI=1S/C15H20N4O2/c1-18-7-9-19(10-8-18)17-15(21)14-5-6-16-12-13(14)4-2-3-11-20/h5-6,12,20H,3,7-11H2,1H3,(H,17,21). The molecule has 6 heteroatoms. The van der Waals surface area contributed by atoms with E-state index in [2.05, 4.69) is 34.2 Å². The summed E-state index contributed by atoms with van der Waals surface area (Å²) < 4.78 is 0. The topological polar surface area (TPSA) is 68.7 Å². The van der Waals surface area contributed by atoms with E-state index < -0.39 is 0 Å². The lowest BCUT2D eigenvalue weighted by molar-refractivity contribution is 0.0662. The molecule has 1 saturated heterocycles. The van der Waals surface area contributed by atoms with Crippen LogP contribution in [0.3, 0.4) is 0 Å². The van der Waals surface area contributed by atoms with Gasteiger partial charge in [0.15, 0.2) is 0 Å². The first kappa shape index (κ1) is 15.4. The van der Waals surface area contributed by atoms with Crippen LogP contribution in [0.2, 0.25) is 0 Å². The maximum atomic E-state index is 12.3. The van der Waals surface area contributed by atoms with Gasteiger partial charge >= 0.3 is 0 Å². The molecule has 2 heterocycles. The van der Waals surface area contributed by atoms with Gasteiger partial charge in [-0.05, 0) is 13.1 Å². The van der Waals surface area contributed by atoms with Crippen molar-refractivity contribution in [2.45, 2.75) is 6.42 Å². The zero-order valence-corrected chi connectivity index (χ0v) is 12.2. The van der Waals surface area contributed by atoms with Gasteiger partial charge in [0.1, 0.15) is 0 Å². The number of likely N-dealkylation sites (N-methyl/N-ethyl adjacent to an activating group) is 1. The Balaban J connectivity index is 2.04. The normalized spacial score (nSPS) is 16.1. The van der Waals surface area contributed by atoms with E-state index in [1.165, 1.54) is 0 Å². The van der Waals surface area contributed by atoms with E-state index in [-0.39, 0.29) is 12.5 Å². The van der Waals surface area contributed by atoms with Crippen LogP contribution in [0.15, 0.2) is 18.5 Å². The monoisotopic (exact) mass is 288 g/mol. The molecule has 6 nitrogen and oxygen atoms in total. The lowest BCUT2D eigenvalue weighted by Crippen LogP contribution is -2.52. The Morgan fingerprint density at radius 2 is 2.19 bits per heavy atom. The van der Waals surface area contributed by atoms with Crippen molar-refractivity contribution in [3.8, 4) is 11.8 Å². The van der Waals surface area contributed by atoms with Crippen molar-refractivity contribution in [1.29, 1.82) is 0 Å². The van der Waals surface area contributed by atoms with Gasteiger partial charge in [-0.25, -0.2) is 5.01 Å². The first-order valence-electron chi connectivity index (χ1n) is 6.99. The molecule has 0 spiro atoms. The molecular weight excluding hydrogens is 268 g/mol. The number of pyridine rings is 1. The molecule has 21 heavy (non-hydrogen) atoms. The number of amides is 1. The fourth-order valence-electron chi connectivity index (χ4n) is 2.03. The molecule has 1 aromatic heterocycles. The third-order valence-electron chi connectivity index (χ3n) is 3.29. The molecule has 1 fully saturated rings. The van der Waals surface area contributed by atoms with E-state index in [9.17, 15) is 4.79 Å². The van der Waals surface area contributed by atoms with Crippen LogP contribution >= 0.6 is 0 Å². The molecule has 1 aliphatic rings. The number of carbonyl (C=O) groups is 1. The molecule has 0 aromatic carbocycles. The van der Waals surface area contributed by atoms with Gasteiger partial charge in [-0.15, -0.1) is 0 Å². The number of hydrogen-bond acceptors (Lipinski definition) is 5. The molecule has 1 aromatic rings. The third-order valence-corrected chi connectivity index (χ3v) is 3.29. The molecule has 0 bridgehead atoms. The van der Waals surface area contributed by atoms with Gasteiger partial charge in [-0.1, -0.05) is 11.8 Å². The van der Waals surface area contributed by atoms with Crippen molar-refractivity contribution in [3.63, 3.8) is 0 Å². The number of aliphatic hydroxyl groups excluding tert-OH is 1. The predicted molar refractivity (Wildman–Crippen MR) is 79.4 cm³/mol. The summed E-state index contributed by atoms with van der Waals surface area (Å²) in [5, 5.41) is 10.7. The zero-order chi connectivity index (χ0) is 15.1. The lowest BCUT2D eigenvalue weighted by atomic mass is 10.1. The molecule has 0 atom stereocenters. The molecule has 0 radical (unpaired) electrons. The summed E-state index contributed by atoms with van der Waals surface area (Å²) in [6.07, 6.45) is 3.54. The van der Waals surface area contributed by atoms with Gasteiger partial charge in [0.25, 0.3) is 5.91 Å². The Kier molecular flexibility index (Phi) is 5.69. The lowest BCUT2D eigenvalue weighted by Gasteiger charge is -2.32. The number of rotatable bonds is 3. The third kappa shape index (κ3) is 4.53. The predicted octanol–water partition coefficient (Wildman–Crippen LogP) is -0.292. The van der Waals surface area contributed by atoms with E-state index in [0.717, 1.165) is 26.2 Å². The number of aliphatic hydroxyl groups is 1. The fraction of sp³-hybridized carbons (Fsp3) is 0.467. The van der Waals surface area contributed by atoms with Gasteiger partial charge < -0.3 is 10.0 Å². The zero-order valence-electron chi connectivity index (χ0n) is 12.2. The van der Waals surface area contributed by atoms with Crippen LogP contribution in [-0.2, 0) is 0 Å². The van der Waals surface area contributed by atoms with E-state index >= 15 is 0 Å². The number of carbonyl (C=O) groups excluding carboxylic acids is 1. The highest BCUT2D eigenvalue weighted by Gasteiger charge is 2.17. The first-order valence-corrected chi connectivity index (χ1v) is 6.99. The molecular formula is C15H20N4O2. The van der Waals surface area contributed by atoms with Crippen LogP contribution in [-0.4, -0.2) is 65.7 Å². The Bertz CT molecular complexity index is 542. The smallest absolute Gasteiger partial charge is 0.266 e. The maximum Gasteiger partial charge on any atom is 0.266 e. The second-order valence-corrected chi connectivity index (χ2v) is 4.93. The van der Waals surface area contributed by atoms with E-state index in [4.69, 9.17) is 5.11 Å². The minimum Gasteiger partial charge on any atom is -0.395 e. The highest BCUT2D eigenvalue weighted by molar-refractivity contribution is 5.96. The summed E-state index contributed by atoms with van der Waals surface area (Å²) in [6, 6.07) is 1.66. The van der Waals surface area contributed by atoms with Gasteiger partial charge in [0.05, 0.1) is 17.7 Å². The molecule has 0 aliphatic carbocycles. The molecule has 1 amide bonds. The highest BCUT2D eigenvalue weighted by atomic mass is 16.2. The molecule has 0 unspecified atom stereocenters. The summed E-state index contributed by atoms with van der Waals surface area (Å²) in [7, 11) is 2.07. The number of piperazine rings is 1. The van der Waals surface area contributed by atoms with Gasteiger partial charge in [-0.3, -0.25) is 15.2 Å². The summed E-state index contributed by atoms with van der Waals surface area (Å²) in [5.41, 5.74) is 4.00. The summed E-state index contributed by atoms with van der Waals surface area (Å²) in [4.78, 5) is 18.6. The summed E-state index contributed by atoms with van der Waals surface area (Å²) in [6.45, 7) is 3.48. The van der Waals surface area contributed by atoms with Crippen molar-refractivity contribution in [2.75, 3.05) is 39.8 Å². The summed E-state index contributed by atoms with van der Waals surface area (Å²) >= 11 is 0. The quantitative estimate of drug-likeness (QED) is 0.748. The largest absolute Gasteiger partial charge is 0.395 e. The van der Waals surface area contributed by atoms with Crippen LogP contribution < -0.4 is 5.43 Å². The molecule has 2 N–H and O–H groups in total. The van der Waals surface area contributed by atoms with Crippen molar-refractivity contribution < 1.29 is 9.90 Å². The molecule has 1 aliphatic heterocycles. The van der Waals surface area contributed by atoms with Crippen LogP contribution in [0.25, 0.3) is 0 Å². The van der Waals surface area contributed by atoms with E-state index in [1.54, 1.807) is 18.5 Å². The number of nitrogens with one attached hydrogen (secondary N) is 1. The van der Waals surface area contributed by atoms with Crippen LogP contribution in [0.5, 0.6) is 0 Å². The van der Waals surface area contributed by atoms with Crippen molar-refractivity contribution >= 4 is 5.91 Å². The Morgan fingerprint density at radius 3 is 2.90 bits per heavy atom. The second-order valence-electron chi connectivity index (χ2n) is 4.93. The molecule has 2 rings (SSSR count). The van der Waals surface area contributed by atoms with Crippen molar-refractivity contribution in [2.24, 2.45) is 0 Å². The minimum atomic E-state index is -0.171. The van der Waals surface area contributed by atoms with Crippen LogP contribution in [0.4, 0.5) is 0 Å². The van der Waals surface area contributed by atoms with Crippen molar-refractivity contribution in [3.05, 3.63) is 29.6 Å². The minimum absolute atomic E-state index is 0.0100. The van der Waals surface area contributed by atoms with Crippen LogP contribution in [0, 0.1) is 11.8 Å². The number of hydrogen-bond donors (Lipinski definition) is 2. The molecule has 0 saturated carbocycles. The molecule has 112 valence electrons. The number of aromatic nitrogens is 1. The van der Waals surface area contributed by atoms with Gasteiger partial charge in [0.2, 0.25) is 0 Å².